The van der Waals surface area contributed by atoms with E-state index in [1.807, 2.05) is 4.90 Å². The van der Waals surface area contributed by atoms with Gasteiger partial charge in [-0.05, 0) is 37.2 Å². The second-order valence-corrected chi connectivity index (χ2v) is 4.78. The van der Waals surface area contributed by atoms with Crippen molar-refractivity contribution in [3.63, 3.8) is 0 Å². The highest BCUT2D eigenvalue weighted by Gasteiger charge is 2.11. The second kappa shape index (κ2) is 8.43. The summed E-state index contributed by atoms with van der Waals surface area (Å²) >= 11 is 0. The number of hydrogen-bond donors (Lipinski definition) is 1. The number of nitrogens with two attached hydrogens (primary N) is 1. The van der Waals surface area contributed by atoms with Crippen LogP contribution in [0.1, 0.15) is 36.5 Å². The fraction of sp³-hybridized carbons (Fsp3) is 0.467. The Bertz CT molecular complexity index is 446. The number of Topliss-reactive ketones (excluding diaryl/α,β-unsaturated/α-hetero) is 1. The van der Waals surface area contributed by atoms with Crippen molar-refractivity contribution in [2.24, 2.45) is 5.73 Å². The molecular weight excluding hydrogens is 259 g/mol. The molecule has 0 fully saturated rings. The fourth-order valence-electron chi connectivity index (χ4n) is 1.91. The zero-order valence-corrected chi connectivity index (χ0v) is 11.8. The van der Waals surface area contributed by atoms with Crippen LogP contribution in [0.2, 0.25) is 0 Å². The van der Waals surface area contributed by atoms with Gasteiger partial charge < -0.3 is 5.73 Å². The Kier molecular flexibility index (Phi) is 6.87. The molecule has 20 heavy (non-hydrogen) atoms. The topological polar surface area (TPSA) is 63.4 Å². The largest absolute Gasteiger partial charge is 0.369 e. The zero-order valence-electron chi connectivity index (χ0n) is 11.8. The molecule has 1 amide bonds. The smallest absolute Gasteiger partial charge is 0.231 e. The lowest BCUT2D eigenvalue weighted by molar-refractivity contribution is -0.119. The first-order valence-corrected chi connectivity index (χ1v) is 6.82. The lowest BCUT2D eigenvalue weighted by Gasteiger charge is -2.19. The summed E-state index contributed by atoms with van der Waals surface area (Å²) in [4.78, 5) is 24.8. The second-order valence-electron chi connectivity index (χ2n) is 4.78. The average Bonchev–Trinajstić information content (AvgIpc) is 2.41. The van der Waals surface area contributed by atoms with Gasteiger partial charge in [-0.1, -0.05) is 13.3 Å². The van der Waals surface area contributed by atoms with Crippen molar-refractivity contribution in [3.8, 4) is 0 Å². The molecule has 1 rings (SSSR count). The molecule has 1 aromatic carbocycles. The number of unbranched alkanes of at least 4 members (excludes halogenated alkanes) is 1. The number of benzene rings is 1. The van der Waals surface area contributed by atoms with Crippen LogP contribution in [-0.4, -0.2) is 36.2 Å². The molecule has 0 atom stereocenters. The van der Waals surface area contributed by atoms with Crippen LogP contribution in [0.3, 0.4) is 0 Å². The van der Waals surface area contributed by atoms with E-state index < -0.39 is 5.91 Å². The van der Waals surface area contributed by atoms with E-state index in [-0.39, 0.29) is 18.1 Å². The molecule has 0 aromatic heterocycles. The molecular formula is C15H21FN2O2. The molecule has 4 nitrogen and oxygen atoms in total. The van der Waals surface area contributed by atoms with E-state index in [0.29, 0.717) is 18.5 Å². The van der Waals surface area contributed by atoms with Gasteiger partial charge in [0.15, 0.2) is 5.78 Å². The van der Waals surface area contributed by atoms with Crippen molar-refractivity contribution < 1.29 is 14.0 Å². The van der Waals surface area contributed by atoms with Crippen molar-refractivity contribution in [1.29, 1.82) is 0 Å². The van der Waals surface area contributed by atoms with Crippen LogP contribution < -0.4 is 5.73 Å². The first-order valence-electron chi connectivity index (χ1n) is 6.82. The molecule has 0 unspecified atom stereocenters. The minimum Gasteiger partial charge on any atom is -0.369 e. The first kappa shape index (κ1) is 16.3. The number of hydrogen-bond acceptors (Lipinski definition) is 3. The van der Waals surface area contributed by atoms with Gasteiger partial charge >= 0.3 is 0 Å². The van der Waals surface area contributed by atoms with E-state index in [1.165, 1.54) is 24.3 Å². The summed E-state index contributed by atoms with van der Waals surface area (Å²) in [6, 6.07) is 5.49. The summed E-state index contributed by atoms with van der Waals surface area (Å²) in [6.07, 6.45) is 2.27. The third-order valence-electron chi connectivity index (χ3n) is 3.03. The molecule has 0 radical (unpaired) electrons. The normalized spacial score (nSPS) is 10.8. The molecule has 0 saturated heterocycles. The number of rotatable bonds is 9. The summed E-state index contributed by atoms with van der Waals surface area (Å²) in [5.74, 6) is -0.814. The van der Waals surface area contributed by atoms with Crippen LogP contribution in [0.4, 0.5) is 4.39 Å². The maximum absolute atomic E-state index is 12.8. The van der Waals surface area contributed by atoms with Crippen LogP contribution in [0.15, 0.2) is 24.3 Å². The molecule has 110 valence electrons. The van der Waals surface area contributed by atoms with Gasteiger partial charge in [0.2, 0.25) is 5.91 Å². The Morgan fingerprint density at radius 2 is 1.85 bits per heavy atom. The highest BCUT2D eigenvalue weighted by atomic mass is 19.1. The molecule has 0 aliphatic carbocycles. The van der Waals surface area contributed by atoms with Gasteiger partial charge in [0.1, 0.15) is 5.82 Å². The van der Waals surface area contributed by atoms with Crippen molar-refractivity contribution in [2.45, 2.75) is 26.2 Å². The minimum absolute atomic E-state index is 0.0593. The van der Waals surface area contributed by atoms with Crippen molar-refractivity contribution in [3.05, 3.63) is 35.6 Å². The van der Waals surface area contributed by atoms with Gasteiger partial charge in [-0.15, -0.1) is 0 Å². The molecule has 0 aliphatic heterocycles. The van der Waals surface area contributed by atoms with Crippen LogP contribution in [0.25, 0.3) is 0 Å². The molecule has 5 heteroatoms. The van der Waals surface area contributed by atoms with Gasteiger partial charge in [0.25, 0.3) is 0 Å². The van der Waals surface area contributed by atoms with Gasteiger partial charge in [0, 0.05) is 18.5 Å². The lowest BCUT2D eigenvalue weighted by atomic mass is 10.1. The number of carbonyl (C=O) groups is 2. The monoisotopic (exact) mass is 280 g/mol. The van der Waals surface area contributed by atoms with E-state index in [9.17, 15) is 14.0 Å². The standard InChI is InChI=1S/C15H21FN2O2/c1-2-3-9-18(11-15(17)20)10-8-14(19)12-4-6-13(16)7-5-12/h4-7H,2-3,8-11H2,1H3,(H2,17,20). The van der Waals surface area contributed by atoms with Gasteiger partial charge in [-0.2, -0.15) is 0 Å². The molecule has 0 aliphatic rings. The Balaban J connectivity index is 2.50. The fourth-order valence-corrected chi connectivity index (χ4v) is 1.91. The van der Waals surface area contributed by atoms with E-state index in [0.717, 1.165) is 19.4 Å². The summed E-state index contributed by atoms with van der Waals surface area (Å²) in [7, 11) is 0. The third kappa shape index (κ3) is 5.93. The Labute approximate surface area is 118 Å². The van der Waals surface area contributed by atoms with Gasteiger partial charge in [-0.25, -0.2) is 4.39 Å². The summed E-state index contributed by atoms with van der Waals surface area (Å²) in [6.45, 7) is 3.46. The van der Waals surface area contributed by atoms with Crippen molar-refractivity contribution in [1.82, 2.24) is 4.90 Å². The molecule has 2 N–H and O–H groups in total. The highest BCUT2D eigenvalue weighted by molar-refractivity contribution is 5.96. The Morgan fingerprint density at radius 3 is 2.40 bits per heavy atom. The zero-order chi connectivity index (χ0) is 15.0. The lowest BCUT2D eigenvalue weighted by Crippen LogP contribution is -2.35. The Morgan fingerprint density at radius 1 is 1.20 bits per heavy atom. The summed E-state index contributed by atoms with van der Waals surface area (Å²) < 4.78 is 12.8. The van der Waals surface area contributed by atoms with Gasteiger partial charge in [0.05, 0.1) is 6.54 Å². The minimum atomic E-state index is -0.393. The van der Waals surface area contributed by atoms with Crippen LogP contribution in [0, 0.1) is 5.82 Å². The number of primary amides is 1. The first-order chi connectivity index (χ1) is 9.52. The maximum Gasteiger partial charge on any atom is 0.231 e. The predicted octanol–water partition coefficient (Wildman–Crippen LogP) is 1.99. The van der Waals surface area contributed by atoms with E-state index in [2.05, 4.69) is 6.92 Å². The van der Waals surface area contributed by atoms with E-state index in [1.54, 1.807) is 0 Å². The van der Waals surface area contributed by atoms with Crippen molar-refractivity contribution in [2.75, 3.05) is 19.6 Å². The number of carbonyl (C=O) groups excluding carboxylic acids is 2. The molecule has 0 bridgehead atoms. The average molecular weight is 280 g/mol. The number of halogens is 1. The molecule has 0 heterocycles. The SMILES string of the molecule is CCCCN(CCC(=O)c1ccc(F)cc1)CC(N)=O. The summed E-state index contributed by atoms with van der Waals surface area (Å²) in [5, 5.41) is 0. The predicted molar refractivity (Wildman–Crippen MR) is 75.9 cm³/mol. The molecule has 1 aromatic rings. The van der Waals surface area contributed by atoms with Crippen molar-refractivity contribution >= 4 is 11.7 Å². The Hall–Kier alpha value is -1.75. The van der Waals surface area contributed by atoms with E-state index >= 15 is 0 Å². The third-order valence-corrected chi connectivity index (χ3v) is 3.03. The van der Waals surface area contributed by atoms with Crippen LogP contribution in [-0.2, 0) is 4.79 Å². The number of ketones is 1. The maximum atomic E-state index is 12.8. The number of nitrogens with zero attached hydrogens (tertiary/aromatic N) is 1. The van der Waals surface area contributed by atoms with Crippen LogP contribution in [0.5, 0.6) is 0 Å². The summed E-state index contributed by atoms with van der Waals surface area (Å²) in [5.41, 5.74) is 5.68. The number of amides is 1. The quantitative estimate of drug-likeness (QED) is 0.704. The van der Waals surface area contributed by atoms with Crippen LogP contribution >= 0.6 is 0 Å². The highest BCUT2D eigenvalue weighted by Crippen LogP contribution is 2.07. The molecule has 0 saturated carbocycles. The molecule has 0 spiro atoms. The van der Waals surface area contributed by atoms with E-state index in [4.69, 9.17) is 5.73 Å². The van der Waals surface area contributed by atoms with Gasteiger partial charge in [-0.3, -0.25) is 14.5 Å².